The summed E-state index contributed by atoms with van der Waals surface area (Å²) in [6, 6.07) is 2.06. The van der Waals surface area contributed by atoms with E-state index >= 15 is 0 Å². The lowest BCUT2D eigenvalue weighted by Crippen LogP contribution is -2.10. The van der Waals surface area contributed by atoms with Gasteiger partial charge in [-0.15, -0.1) is 0 Å². The molecule has 3 heteroatoms. The average Bonchev–Trinajstić information content (AvgIpc) is 2.57. The normalized spacial score (nSPS) is 18.0. The van der Waals surface area contributed by atoms with Crippen molar-refractivity contribution in [3.8, 4) is 0 Å². The summed E-state index contributed by atoms with van der Waals surface area (Å²) in [4.78, 5) is 9.33. The molecule has 1 aliphatic rings. The van der Waals surface area contributed by atoms with Crippen LogP contribution < -0.4 is 5.73 Å². The van der Waals surface area contributed by atoms with Crippen molar-refractivity contribution in [3.63, 3.8) is 0 Å². The van der Waals surface area contributed by atoms with E-state index in [1.165, 1.54) is 38.5 Å². The van der Waals surface area contributed by atoms with Crippen LogP contribution in [-0.4, -0.2) is 16.5 Å². The molecule has 3 nitrogen and oxygen atoms in total. The van der Waals surface area contributed by atoms with Crippen LogP contribution in [-0.2, 0) is 6.42 Å². The third-order valence-corrected chi connectivity index (χ3v) is 3.55. The fraction of sp³-hybridized carbons (Fsp3) is 0.714. The monoisotopic (exact) mass is 233 g/mol. The Labute approximate surface area is 104 Å². The summed E-state index contributed by atoms with van der Waals surface area (Å²) in [5.74, 6) is 1.64. The van der Waals surface area contributed by atoms with E-state index in [4.69, 9.17) is 10.7 Å². The van der Waals surface area contributed by atoms with Crippen LogP contribution in [0.5, 0.6) is 0 Å². The molecule has 0 amide bonds. The predicted octanol–water partition coefficient (Wildman–Crippen LogP) is 2.72. The van der Waals surface area contributed by atoms with Crippen LogP contribution in [0.15, 0.2) is 6.07 Å². The Morgan fingerprint density at radius 2 is 1.88 bits per heavy atom. The fourth-order valence-electron chi connectivity index (χ4n) is 2.65. The summed E-state index contributed by atoms with van der Waals surface area (Å²) in [5, 5.41) is 0. The first-order valence-corrected chi connectivity index (χ1v) is 6.84. The van der Waals surface area contributed by atoms with Crippen molar-refractivity contribution >= 4 is 0 Å². The summed E-state index contributed by atoms with van der Waals surface area (Å²) in [5.41, 5.74) is 7.80. The van der Waals surface area contributed by atoms with E-state index in [9.17, 15) is 0 Å². The van der Waals surface area contributed by atoms with E-state index in [1.54, 1.807) is 0 Å². The van der Waals surface area contributed by atoms with Crippen molar-refractivity contribution in [1.82, 2.24) is 9.97 Å². The largest absolute Gasteiger partial charge is 0.330 e. The molecule has 1 fully saturated rings. The first kappa shape index (κ1) is 12.5. The minimum atomic E-state index is 0.578. The molecule has 1 aromatic rings. The van der Waals surface area contributed by atoms with Crippen LogP contribution in [0, 0.1) is 6.92 Å². The number of hydrogen-bond acceptors (Lipinski definition) is 3. The second-order valence-electron chi connectivity index (χ2n) is 5.09. The molecule has 17 heavy (non-hydrogen) atoms. The van der Waals surface area contributed by atoms with Gasteiger partial charge in [-0.05, 0) is 32.4 Å². The first-order valence-electron chi connectivity index (χ1n) is 6.84. The standard InChI is InChI=1S/C14H23N3/c1-11-10-13(8-9-15)17-14(16-11)12-6-4-2-3-5-7-12/h10,12H,2-9,15H2,1H3. The van der Waals surface area contributed by atoms with Crippen molar-refractivity contribution in [2.45, 2.75) is 57.8 Å². The average molecular weight is 233 g/mol. The van der Waals surface area contributed by atoms with Gasteiger partial charge in [0.1, 0.15) is 5.82 Å². The van der Waals surface area contributed by atoms with Gasteiger partial charge in [0.05, 0.1) is 0 Å². The summed E-state index contributed by atoms with van der Waals surface area (Å²) in [6.45, 7) is 2.72. The molecule has 0 unspecified atom stereocenters. The molecule has 1 aliphatic carbocycles. The highest BCUT2D eigenvalue weighted by Crippen LogP contribution is 2.29. The van der Waals surface area contributed by atoms with Crippen LogP contribution in [0.4, 0.5) is 0 Å². The molecule has 0 atom stereocenters. The molecule has 1 saturated carbocycles. The number of hydrogen-bond donors (Lipinski definition) is 1. The highest BCUT2D eigenvalue weighted by molar-refractivity contribution is 5.13. The SMILES string of the molecule is Cc1cc(CCN)nc(C2CCCCCC2)n1. The highest BCUT2D eigenvalue weighted by atomic mass is 14.9. The highest BCUT2D eigenvalue weighted by Gasteiger charge is 2.17. The molecule has 0 aliphatic heterocycles. The van der Waals surface area contributed by atoms with Gasteiger partial charge in [0.25, 0.3) is 0 Å². The third kappa shape index (κ3) is 3.50. The predicted molar refractivity (Wildman–Crippen MR) is 70.0 cm³/mol. The van der Waals surface area contributed by atoms with E-state index < -0.39 is 0 Å². The zero-order valence-corrected chi connectivity index (χ0v) is 10.8. The topological polar surface area (TPSA) is 51.8 Å². The van der Waals surface area contributed by atoms with Crippen molar-refractivity contribution in [1.29, 1.82) is 0 Å². The van der Waals surface area contributed by atoms with Gasteiger partial charge >= 0.3 is 0 Å². The molecule has 94 valence electrons. The Balaban J connectivity index is 2.17. The van der Waals surface area contributed by atoms with E-state index in [0.717, 1.165) is 23.6 Å². The zero-order valence-electron chi connectivity index (χ0n) is 10.8. The minimum absolute atomic E-state index is 0.578. The van der Waals surface area contributed by atoms with Crippen molar-refractivity contribution in [3.05, 3.63) is 23.3 Å². The Morgan fingerprint density at radius 3 is 2.53 bits per heavy atom. The van der Waals surface area contributed by atoms with Gasteiger partial charge in [0, 0.05) is 23.7 Å². The number of aryl methyl sites for hydroxylation is 1. The molecule has 0 spiro atoms. The van der Waals surface area contributed by atoms with Gasteiger partial charge in [-0.25, -0.2) is 9.97 Å². The lowest BCUT2D eigenvalue weighted by Gasteiger charge is -2.14. The van der Waals surface area contributed by atoms with Crippen LogP contribution >= 0.6 is 0 Å². The molecule has 0 saturated heterocycles. The molecule has 0 aromatic carbocycles. The number of nitrogens with zero attached hydrogens (tertiary/aromatic N) is 2. The van der Waals surface area contributed by atoms with Crippen molar-refractivity contribution < 1.29 is 0 Å². The van der Waals surface area contributed by atoms with Crippen LogP contribution in [0.1, 0.15) is 61.7 Å². The van der Waals surface area contributed by atoms with Gasteiger partial charge in [-0.1, -0.05) is 25.7 Å². The molecule has 1 heterocycles. The summed E-state index contributed by atoms with van der Waals surface area (Å²) < 4.78 is 0. The van der Waals surface area contributed by atoms with Gasteiger partial charge in [0.2, 0.25) is 0 Å². The Morgan fingerprint density at radius 1 is 1.18 bits per heavy atom. The minimum Gasteiger partial charge on any atom is -0.330 e. The van der Waals surface area contributed by atoms with Gasteiger partial charge in [0.15, 0.2) is 0 Å². The maximum atomic E-state index is 5.60. The summed E-state index contributed by atoms with van der Waals surface area (Å²) >= 11 is 0. The Kier molecular flexibility index (Phi) is 4.49. The maximum absolute atomic E-state index is 5.60. The number of aromatic nitrogens is 2. The maximum Gasteiger partial charge on any atom is 0.131 e. The van der Waals surface area contributed by atoms with E-state index in [2.05, 4.69) is 18.0 Å². The second-order valence-corrected chi connectivity index (χ2v) is 5.09. The molecular formula is C14H23N3. The Hall–Kier alpha value is -0.960. The zero-order chi connectivity index (χ0) is 12.1. The van der Waals surface area contributed by atoms with Gasteiger partial charge in [-0.2, -0.15) is 0 Å². The Bertz CT molecular complexity index is 354. The van der Waals surface area contributed by atoms with Crippen LogP contribution in [0.25, 0.3) is 0 Å². The van der Waals surface area contributed by atoms with E-state index in [0.29, 0.717) is 12.5 Å². The fourth-order valence-corrected chi connectivity index (χ4v) is 2.65. The molecule has 2 rings (SSSR count). The molecule has 1 aromatic heterocycles. The lowest BCUT2D eigenvalue weighted by molar-refractivity contribution is 0.555. The quantitative estimate of drug-likeness (QED) is 0.817. The molecule has 2 N–H and O–H groups in total. The molecule has 0 bridgehead atoms. The molecule has 0 radical (unpaired) electrons. The van der Waals surface area contributed by atoms with Crippen molar-refractivity contribution in [2.75, 3.05) is 6.54 Å². The van der Waals surface area contributed by atoms with Gasteiger partial charge in [-0.3, -0.25) is 0 Å². The van der Waals surface area contributed by atoms with E-state index in [-0.39, 0.29) is 0 Å². The lowest BCUT2D eigenvalue weighted by atomic mass is 9.99. The van der Waals surface area contributed by atoms with Crippen molar-refractivity contribution in [2.24, 2.45) is 5.73 Å². The number of rotatable bonds is 3. The number of nitrogens with two attached hydrogens (primary N) is 1. The first-order chi connectivity index (χ1) is 8.29. The molecular weight excluding hydrogens is 210 g/mol. The van der Waals surface area contributed by atoms with Crippen LogP contribution in [0.2, 0.25) is 0 Å². The summed E-state index contributed by atoms with van der Waals surface area (Å²) in [6.07, 6.45) is 8.78. The van der Waals surface area contributed by atoms with Gasteiger partial charge < -0.3 is 5.73 Å². The smallest absolute Gasteiger partial charge is 0.131 e. The second kappa shape index (κ2) is 6.10. The van der Waals surface area contributed by atoms with Crippen LogP contribution in [0.3, 0.4) is 0 Å². The van der Waals surface area contributed by atoms with E-state index in [1.807, 2.05) is 0 Å². The third-order valence-electron chi connectivity index (χ3n) is 3.55. The summed E-state index contributed by atoms with van der Waals surface area (Å²) in [7, 11) is 0.